The van der Waals surface area contributed by atoms with Gasteiger partial charge in [0.05, 0.1) is 18.2 Å². The Morgan fingerprint density at radius 1 is 1.11 bits per heavy atom. The fourth-order valence-electron chi connectivity index (χ4n) is 2.37. The molecule has 28 heavy (non-hydrogen) atoms. The maximum Gasteiger partial charge on any atom is 0.331 e. The minimum absolute atomic E-state index is 0.217. The summed E-state index contributed by atoms with van der Waals surface area (Å²) in [4.78, 5) is 25.3. The fraction of sp³-hybridized carbons (Fsp3) is 0.100. The van der Waals surface area contributed by atoms with Crippen LogP contribution in [0.5, 0.6) is 0 Å². The number of amidine groups is 1. The topological polar surface area (TPSA) is 83.4 Å². The molecule has 0 bridgehead atoms. The number of ether oxygens (including phenoxy) is 1. The predicted molar refractivity (Wildman–Crippen MR) is 112 cm³/mol. The molecule has 0 aromatic heterocycles. The van der Waals surface area contributed by atoms with Gasteiger partial charge in [0.15, 0.2) is 5.17 Å². The minimum Gasteiger partial charge on any atom is -0.466 e. The molecular formula is C20H18N4O3S. The molecule has 1 aliphatic heterocycles. The second-order valence-corrected chi connectivity index (χ2v) is 6.75. The third-order valence-electron chi connectivity index (χ3n) is 3.88. The van der Waals surface area contributed by atoms with E-state index in [9.17, 15) is 9.59 Å². The molecule has 3 rings (SSSR count). The van der Waals surface area contributed by atoms with Crippen molar-refractivity contribution in [3.05, 3.63) is 71.1 Å². The molecule has 1 fully saturated rings. The van der Waals surface area contributed by atoms with Gasteiger partial charge in [-0.2, -0.15) is 5.10 Å². The maximum absolute atomic E-state index is 11.7. The summed E-state index contributed by atoms with van der Waals surface area (Å²) in [5, 5.41) is 10.8. The van der Waals surface area contributed by atoms with Gasteiger partial charge in [-0.3, -0.25) is 10.1 Å². The van der Waals surface area contributed by atoms with Crippen LogP contribution >= 0.6 is 11.8 Å². The first-order chi connectivity index (χ1) is 13.6. The van der Waals surface area contributed by atoms with E-state index >= 15 is 0 Å². The van der Waals surface area contributed by atoms with Gasteiger partial charge in [-0.25, -0.2) is 4.79 Å². The number of nitrogens with one attached hydrogen (secondary N) is 1. The fourth-order valence-corrected chi connectivity index (χ4v) is 3.11. The van der Waals surface area contributed by atoms with Crippen LogP contribution in [0.2, 0.25) is 0 Å². The highest BCUT2D eigenvalue weighted by Gasteiger charge is 2.24. The van der Waals surface area contributed by atoms with Gasteiger partial charge in [-0.05, 0) is 41.6 Å². The lowest BCUT2D eigenvalue weighted by atomic mass is 10.2. The van der Waals surface area contributed by atoms with Gasteiger partial charge in [-0.15, -0.1) is 5.10 Å². The van der Waals surface area contributed by atoms with E-state index in [-0.39, 0.29) is 4.91 Å². The predicted octanol–water partition coefficient (Wildman–Crippen LogP) is 3.06. The van der Waals surface area contributed by atoms with Crippen molar-refractivity contribution in [2.45, 2.75) is 0 Å². The molecule has 2 aromatic rings. The zero-order valence-electron chi connectivity index (χ0n) is 15.3. The van der Waals surface area contributed by atoms with Crippen molar-refractivity contribution in [3.63, 3.8) is 0 Å². The number of rotatable bonds is 5. The summed E-state index contributed by atoms with van der Waals surface area (Å²) in [5.41, 5.74) is 3.01. The summed E-state index contributed by atoms with van der Waals surface area (Å²) in [6.07, 6.45) is 2.71. The Kier molecular flexibility index (Phi) is 6.23. The van der Waals surface area contributed by atoms with E-state index in [1.54, 1.807) is 6.21 Å². The number of anilines is 2. The molecule has 1 amide bonds. The number of esters is 1. The van der Waals surface area contributed by atoms with Crippen LogP contribution in [0.25, 0.3) is 0 Å². The number of hydrogen-bond acceptors (Lipinski definition) is 7. The number of methoxy groups -OCH3 is 1. The number of hydrogen-bond donors (Lipinski definition) is 1. The number of thioether (sulfide) groups is 1. The lowest BCUT2D eigenvalue weighted by Crippen LogP contribution is -2.19. The number of para-hydroxylation sites is 1. The largest absolute Gasteiger partial charge is 0.466 e. The van der Waals surface area contributed by atoms with E-state index in [0.29, 0.717) is 5.17 Å². The molecule has 7 nitrogen and oxygen atoms in total. The van der Waals surface area contributed by atoms with E-state index in [1.807, 2.05) is 61.6 Å². The molecular weight excluding hydrogens is 376 g/mol. The molecule has 0 radical (unpaired) electrons. The third kappa shape index (κ3) is 4.86. The molecule has 142 valence electrons. The summed E-state index contributed by atoms with van der Waals surface area (Å²) >= 11 is 1.03. The maximum atomic E-state index is 11.7. The average Bonchev–Trinajstić information content (AvgIpc) is 3.07. The third-order valence-corrected chi connectivity index (χ3v) is 4.78. The first kappa shape index (κ1) is 19.4. The second-order valence-electron chi connectivity index (χ2n) is 5.72. The molecule has 1 saturated heterocycles. The molecule has 2 aromatic carbocycles. The summed E-state index contributed by atoms with van der Waals surface area (Å²) in [7, 11) is 3.25. The van der Waals surface area contributed by atoms with Crippen molar-refractivity contribution < 1.29 is 14.3 Å². The summed E-state index contributed by atoms with van der Waals surface area (Å²) in [6, 6.07) is 17.9. The normalized spacial score (nSPS) is 16.6. The van der Waals surface area contributed by atoms with Crippen LogP contribution in [0.15, 0.2) is 75.8 Å². The Balaban J connectivity index is 1.64. The van der Waals surface area contributed by atoms with Crippen molar-refractivity contribution in [1.82, 2.24) is 5.32 Å². The zero-order chi connectivity index (χ0) is 19.9. The SMILES string of the molecule is COC(=O)/C=C1/S/C(=N\N=Cc2ccc(N(C)c3ccccc3)cc2)NC1=O. The summed E-state index contributed by atoms with van der Waals surface area (Å²) in [5.74, 6) is -0.999. The van der Waals surface area contributed by atoms with Gasteiger partial charge in [0.25, 0.3) is 5.91 Å². The first-order valence-electron chi connectivity index (χ1n) is 8.35. The van der Waals surface area contributed by atoms with E-state index in [4.69, 9.17) is 0 Å². The van der Waals surface area contributed by atoms with Crippen molar-refractivity contribution >= 4 is 46.4 Å². The van der Waals surface area contributed by atoms with Crippen LogP contribution in [0.3, 0.4) is 0 Å². The number of amides is 1. The molecule has 0 saturated carbocycles. The van der Waals surface area contributed by atoms with E-state index in [1.165, 1.54) is 7.11 Å². The molecule has 1 heterocycles. The molecule has 0 aliphatic carbocycles. The van der Waals surface area contributed by atoms with Crippen LogP contribution in [0, 0.1) is 0 Å². The number of carbonyl (C=O) groups is 2. The van der Waals surface area contributed by atoms with Crippen LogP contribution in [0.4, 0.5) is 11.4 Å². The molecule has 0 unspecified atom stereocenters. The molecule has 1 N–H and O–H groups in total. The Hall–Kier alpha value is -3.39. The summed E-state index contributed by atoms with van der Waals surface area (Å²) < 4.78 is 4.51. The Morgan fingerprint density at radius 2 is 1.79 bits per heavy atom. The monoisotopic (exact) mass is 394 g/mol. The highest BCUT2D eigenvalue weighted by molar-refractivity contribution is 8.18. The zero-order valence-corrected chi connectivity index (χ0v) is 16.1. The van der Waals surface area contributed by atoms with Crippen molar-refractivity contribution in [3.8, 4) is 0 Å². The van der Waals surface area contributed by atoms with Crippen LogP contribution in [0.1, 0.15) is 5.56 Å². The lowest BCUT2D eigenvalue weighted by molar-refractivity contribution is -0.135. The van der Waals surface area contributed by atoms with Gasteiger partial charge < -0.3 is 9.64 Å². The second kappa shape index (κ2) is 9.01. The quantitative estimate of drug-likeness (QED) is 0.365. The van der Waals surface area contributed by atoms with Gasteiger partial charge in [-0.1, -0.05) is 30.3 Å². The van der Waals surface area contributed by atoms with Crippen molar-refractivity contribution in [2.24, 2.45) is 10.2 Å². The van der Waals surface area contributed by atoms with E-state index in [0.717, 1.165) is 34.8 Å². The van der Waals surface area contributed by atoms with Crippen LogP contribution < -0.4 is 10.2 Å². The Bertz CT molecular complexity index is 953. The van der Waals surface area contributed by atoms with Crippen LogP contribution in [-0.2, 0) is 14.3 Å². The van der Waals surface area contributed by atoms with E-state index in [2.05, 4.69) is 25.2 Å². The molecule has 1 aliphatic rings. The van der Waals surface area contributed by atoms with E-state index < -0.39 is 11.9 Å². The molecule has 8 heteroatoms. The van der Waals surface area contributed by atoms with Gasteiger partial charge in [0.2, 0.25) is 0 Å². The minimum atomic E-state index is -0.594. The standard InChI is InChI=1S/C20H18N4O3S/c1-24(15-6-4-3-5-7-15)16-10-8-14(9-11-16)13-21-23-20-22-19(26)17(28-20)12-18(25)27-2/h3-13H,1-2H3,(H,22,23,26)/b17-12+,21-13?. The molecule has 0 atom stereocenters. The number of benzene rings is 2. The smallest absolute Gasteiger partial charge is 0.331 e. The van der Waals surface area contributed by atoms with Crippen molar-refractivity contribution in [1.29, 1.82) is 0 Å². The van der Waals surface area contributed by atoms with Gasteiger partial charge >= 0.3 is 5.97 Å². The van der Waals surface area contributed by atoms with Crippen LogP contribution in [-0.4, -0.2) is 37.4 Å². The Labute approximate surface area is 166 Å². The average molecular weight is 394 g/mol. The number of nitrogens with zero attached hydrogens (tertiary/aromatic N) is 3. The van der Waals surface area contributed by atoms with Crippen molar-refractivity contribution in [2.75, 3.05) is 19.1 Å². The first-order valence-corrected chi connectivity index (χ1v) is 9.17. The molecule has 0 spiro atoms. The van der Waals surface area contributed by atoms with Gasteiger partial charge in [0.1, 0.15) is 0 Å². The highest BCUT2D eigenvalue weighted by Crippen LogP contribution is 2.24. The van der Waals surface area contributed by atoms with Gasteiger partial charge in [0, 0.05) is 24.5 Å². The lowest BCUT2D eigenvalue weighted by Gasteiger charge is -2.19. The number of carbonyl (C=O) groups excluding carboxylic acids is 2. The summed E-state index contributed by atoms with van der Waals surface area (Å²) in [6.45, 7) is 0. The Morgan fingerprint density at radius 3 is 2.46 bits per heavy atom. The highest BCUT2D eigenvalue weighted by atomic mass is 32.2.